The number of likely N-dealkylation sites (N-methyl/N-ethyl adjacent to an activating group) is 1. The van der Waals surface area contributed by atoms with Crippen LogP contribution in [0, 0.1) is 6.92 Å². The summed E-state index contributed by atoms with van der Waals surface area (Å²) in [5.41, 5.74) is 2.87. The van der Waals surface area contributed by atoms with Crippen LogP contribution in [0.3, 0.4) is 0 Å². The number of amides is 2. The summed E-state index contributed by atoms with van der Waals surface area (Å²) in [4.78, 5) is 29.5. The van der Waals surface area contributed by atoms with E-state index in [1.807, 2.05) is 68.4 Å². The maximum Gasteiger partial charge on any atom is 0.264 e. The minimum atomic E-state index is -4.30. The number of nitrogens with zero attached hydrogens (tertiary/aromatic N) is 2. The summed E-state index contributed by atoms with van der Waals surface area (Å²) in [6, 6.07) is 27.1. The molecule has 11 heteroatoms. The number of aryl methyl sites for hydroxylation is 1. The third-order valence-electron chi connectivity index (χ3n) is 7.43. The second-order valence-corrected chi connectivity index (χ2v) is 13.4. The number of methoxy groups -OCH3 is 2. The largest absolute Gasteiger partial charge is 0.493 e. The van der Waals surface area contributed by atoms with Gasteiger partial charge in [0.1, 0.15) is 12.6 Å². The Bertz CT molecular complexity index is 1730. The molecule has 0 radical (unpaired) electrons. The molecular formula is C35H38BrN3O6S. The second-order valence-electron chi connectivity index (χ2n) is 10.6. The molecule has 0 aliphatic rings. The Labute approximate surface area is 279 Å². The van der Waals surface area contributed by atoms with Crippen LogP contribution in [0.2, 0.25) is 0 Å². The second kappa shape index (κ2) is 15.8. The number of benzene rings is 4. The van der Waals surface area contributed by atoms with Crippen LogP contribution in [0.25, 0.3) is 0 Å². The fraction of sp³-hybridized carbons (Fsp3) is 0.257. The molecule has 1 atom stereocenters. The third-order valence-corrected chi connectivity index (χ3v) is 9.73. The molecule has 0 saturated heterocycles. The van der Waals surface area contributed by atoms with Gasteiger partial charge < -0.3 is 19.7 Å². The lowest BCUT2D eigenvalue weighted by Crippen LogP contribution is -2.53. The molecular weight excluding hydrogens is 670 g/mol. The number of rotatable bonds is 14. The van der Waals surface area contributed by atoms with Crippen molar-refractivity contribution < 1.29 is 27.5 Å². The van der Waals surface area contributed by atoms with Gasteiger partial charge in [0.15, 0.2) is 11.5 Å². The molecule has 0 fully saturated rings. The first-order chi connectivity index (χ1) is 22.1. The molecule has 0 saturated carbocycles. The van der Waals surface area contributed by atoms with Crippen LogP contribution >= 0.6 is 15.9 Å². The van der Waals surface area contributed by atoms with Gasteiger partial charge in [-0.2, -0.15) is 0 Å². The molecule has 0 unspecified atom stereocenters. The van der Waals surface area contributed by atoms with Crippen LogP contribution in [0.4, 0.5) is 5.69 Å². The van der Waals surface area contributed by atoms with Gasteiger partial charge in [0.2, 0.25) is 11.8 Å². The van der Waals surface area contributed by atoms with E-state index in [1.165, 1.54) is 37.3 Å². The maximum absolute atomic E-state index is 14.5. The lowest BCUT2D eigenvalue weighted by molar-refractivity contribution is -0.140. The van der Waals surface area contributed by atoms with E-state index < -0.39 is 28.5 Å². The smallest absolute Gasteiger partial charge is 0.264 e. The Morgan fingerprint density at radius 2 is 1.50 bits per heavy atom. The van der Waals surface area contributed by atoms with Crippen molar-refractivity contribution in [3.63, 3.8) is 0 Å². The highest BCUT2D eigenvalue weighted by molar-refractivity contribution is 9.10. The highest BCUT2D eigenvalue weighted by atomic mass is 79.9. The van der Waals surface area contributed by atoms with Crippen LogP contribution < -0.4 is 19.1 Å². The molecule has 0 bridgehead atoms. The summed E-state index contributed by atoms with van der Waals surface area (Å²) >= 11 is 3.45. The van der Waals surface area contributed by atoms with Gasteiger partial charge >= 0.3 is 0 Å². The fourth-order valence-electron chi connectivity index (χ4n) is 4.98. The molecule has 1 N–H and O–H groups in total. The number of ether oxygens (including phenoxy) is 2. The lowest BCUT2D eigenvalue weighted by atomic mass is 10.0. The number of carbonyl (C=O) groups excluding carboxylic acids is 2. The van der Waals surface area contributed by atoms with Gasteiger partial charge in [-0.05, 0) is 61.4 Å². The zero-order chi connectivity index (χ0) is 33.3. The highest BCUT2D eigenvalue weighted by Crippen LogP contribution is 2.32. The van der Waals surface area contributed by atoms with Crippen molar-refractivity contribution in [2.24, 2.45) is 0 Å². The Kier molecular flexibility index (Phi) is 11.8. The van der Waals surface area contributed by atoms with Crippen molar-refractivity contribution in [1.82, 2.24) is 10.2 Å². The zero-order valence-corrected chi connectivity index (χ0v) is 28.7. The van der Waals surface area contributed by atoms with Gasteiger partial charge in [0.05, 0.1) is 24.8 Å². The minimum absolute atomic E-state index is 0.0810. The van der Waals surface area contributed by atoms with E-state index in [4.69, 9.17) is 9.47 Å². The van der Waals surface area contributed by atoms with Gasteiger partial charge in [-0.1, -0.05) is 76.1 Å². The number of hydrogen-bond acceptors (Lipinski definition) is 6. The number of sulfonamides is 1. The molecule has 4 aromatic carbocycles. The van der Waals surface area contributed by atoms with Crippen LogP contribution in [-0.2, 0) is 32.6 Å². The molecule has 4 rings (SSSR count). The van der Waals surface area contributed by atoms with E-state index in [0.717, 1.165) is 25.5 Å². The van der Waals surface area contributed by atoms with Crippen LogP contribution in [0.15, 0.2) is 106 Å². The predicted molar refractivity (Wildman–Crippen MR) is 183 cm³/mol. The fourth-order valence-corrected chi connectivity index (χ4v) is 6.67. The maximum atomic E-state index is 14.5. The van der Waals surface area contributed by atoms with E-state index in [1.54, 1.807) is 24.3 Å². The third kappa shape index (κ3) is 8.46. The van der Waals surface area contributed by atoms with Crippen molar-refractivity contribution in [2.45, 2.75) is 37.8 Å². The average molecular weight is 709 g/mol. The number of carbonyl (C=O) groups is 2. The van der Waals surface area contributed by atoms with E-state index in [2.05, 4.69) is 21.2 Å². The summed E-state index contributed by atoms with van der Waals surface area (Å²) in [6.07, 6.45) is 0.238. The molecule has 0 aliphatic heterocycles. The Morgan fingerprint density at radius 1 is 0.848 bits per heavy atom. The Balaban J connectivity index is 1.81. The monoisotopic (exact) mass is 707 g/mol. The Hall–Kier alpha value is -4.35. The normalized spacial score (nSPS) is 11.8. The molecule has 0 spiro atoms. The lowest BCUT2D eigenvalue weighted by Gasteiger charge is -2.34. The first-order valence-corrected chi connectivity index (χ1v) is 17.0. The number of halogens is 1. The molecule has 0 aromatic heterocycles. The molecule has 0 heterocycles. The van der Waals surface area contributed by atoms with Crippen molar-refractivity contribution in [3.05, 3.63) is 118 Å². The number of anilines is 1. The Morgan fingerprint density at radius 3 is 2.11 bits per heavy atom. The van der Waals surface area contributed by atoms with E-state index in [9.17, 15) is 18.0 Å². The van der Waals surface area contributed by atoms with Gasteiger partial charge in [-0.15, -0.1) is 0 Å². The molecule has 4 aromatic rings. The SMILES string of the molecule is CCNC(=O)[C@@H](Cc1ccccc1)N(Cc1ccc(Br)cc1)C(=O)CN(c1ccc(C)cc1)S(=O)(=O)c1ccc(OC)c(OC)c1. The van der Waals surface area contributed by atoms with Crippen LogP contribution in [0.5, 0.6) is 11.5 Å². The topological polar surface area (TPSA) is 105 Å². The van der Waals surface area contributed by atoms with Crippen molar-refractivity contribution in [1.29, 1.82) is 0 Å². The van der Waals surface area contributed by atoms with Gasteiger partial charge in [0.25, 0.3) is 10.0 Å². The zero-order valence-electron chi connectivity index (χ0n) is 26.3. The van der Waals surface area contributed by atoms with Gasteiger partial charge in [0, 0.05) is 30.0 Å². The quantitative estimate of drug-likeness (QED) is 0.179. The molecule has 0 aliphatic carbocycles. The summed E-state index contributed by atoms with van der Waals surface area (Å²) in [5, 5.41) is 2.87. The van der Waals surface area contributed by atoms with Crippen molar-refractivity contribution in [3.8, 4) is 11.5 Å². The minimum Gasteiger partial charge on any atom is -0.493 e. The molecule has 46 heavy (non-hydrogen) atoms. The molecule has 2 amide bonds. The summed E-state index contributed by atoms with van der Waals surface area (Å²) in [7, 11) is -1.42. The van der Waals surface area contributed by atoms with Crippen molar-refractivity contribution >= 4 is 43.5 Å². The summed E-state index contributed by atoms with van der Waals surface area (Å²) in [5.74, 6) is -0.276. The number of nitrogens with one attached hydrogen (secondary N) is 1. The van der Waals surface area contributed by atoms with Gasteiger partial charge in [-0.25, -0.2) is 8.42 Å². The predicted octanol–water partition coefficient (Wildman–Crippen LogP) is 5.75. The standard InChI is InChI=1S/C35H38BrN3O6S/c1-5-37-35(41)31(21-26-9-7-6-8-10-26)38(23-27-13-15-28(36)16-14-27)34(40)24-39(29-17-11-25(2)12-18-29)46(42,43)30-19-20-32(44-3)33(22-30)45-4/h6-20,22,31H,5,21,23-24H2,1-4H3,(H,37,41)/t31-/m1/s1. The van der Waals surface area contributed by atoms with E-state index in [-0.39, 0.29) is 29.5 Å². The highest BCUT2D eigenvalue weighted by Gasteiger charge is 2.35. The molecule has 9 nitrogen and oxygen atoms in total. The first kappa shape index (κ1) is 34.5. The van der Waals surface area contributed by atoms with Crippen LogP contribution in [-0.4, -0.2) is 58.5 Å². The summed E-state index contributed by atoms with van der Waals surface area (Å²) in [6.45, 7) is 3.60. The number of hydrogen-bond donors (Lipinski definition) is 1. The summed E-state index contributed by atoms with van der Waals surface area (Å²) < 4.78 is 41.2. The van der Waals surface area contributed by atoms with Gasteiger partial charge in [-0.3, -0.25) is 13.9 Å². The van der Waals surface area contributed by atoms with Crippen molar-refractivity contribution in [2.75, 3.05) is 31.6 Å². The van der Waals surface area contributed by atoms with E-state index >= 15 is 0 Å². The first-order valence-electron chi connectivity index (χ1n) is 14.7. The molecule has 242 valence electrons. The average Bonchev–Trinajstić information content (AvgIpc) is 3.06. The van der Waals surface area contributed by atoms with E-state index in [0.29, 0.717) is 18.0 Å². The van der Waals surface area contributed by atoms with Crippen LogP contribution in [0.1, 0.15) is 23.6 Å².